The topological polar surface area (TPSA) is 87.0 Å². The zero-order valence-electron chi connectivity index (χ0n) is 11.8. The van der Waals surface area contributed by atoms with Crippen LogP contribution in [0.1, 0.15) is 11.4 Å². The molecular formula is C12H18N6O2. The van der Waals surface area contributed by atoms with E-state index in [1.165, 1.54) is 6.33 Å². The summed E-state index contributed by atoms with van der Waals surface area (Å²) in [5, 5.41) is 7.49. The second-order valence-corrected chi connectivity index (χ2v) is 4.13. The molecule has 0 saturated heterocycles. The number of nitrogens with one attached hydrogen (secondary N) is 1. The quantitative estimate of drug-likeness (QED) is 0.711. The first-order chi connectivity index (χ1) is 9.74. The highest BCUT2D eigenvalue weighted by Crippen LogP contribution is 2.22. The van der Waals surface area contributed by atoms with E-state index in [1.807, 2.05) is 7.05 Å². The van der Waals surface area contributed by atoms with Gasteiger partial charge in [0.15, 0.2) is 5.82 Å². The molecule has 20 heavy (non-hydrogen) atoms. The van der Waals surface area contributed by atoms with Crippen molar-refractivity contribution in [2.75, 3.05) is 20.8 Å². The molecular weight excluding hydrogens is 260 g/mol. The lowest BCUT2D eigenvalue weighted by atomic mass is 10.3. The fourth-order valence-corrected chi connectivity index (χ4v) is 1.80. The van der Waals surface area contributed by atoms with Gasteiger partial charge >= 0.3 is 0 Å². The van der Waals surface area contributed by atoms with E-state index in [9.17, 15) is 0 Å². The molecule has 0 aromatic carbocycles. The van der Waals surface area contributed by atoms with Crippen LogP contribution in [0.25, 0.3) is 0 Å². The maximum Gasteiger partial charge on any atom is 0.224 e. The molecule has 0 bridgehead atoms. The van der Waals surface area contributed by atoms with Gasteiger partial charge in [0.2, 0.25) is 11.8 Å². The Morgan fingerprint density at radius 3 is 2.40 bits per heavy atom. The molecule has 0 aliphatic carbocycles. The van der Waals surface area contributed by atoms with E-state index in [1.54, 1.807) is 25.2 Å². The third kappa shape index (κ3) is 3.41. The minimum Gasteiger partial charge on any atom is -0.481 e. The lowest BCUT2D eigenvalue weighted by Crippen LogP contribution is -2.19. The second-order valence-electron chi connectivity index (χ2n) is 4.13. The van der Waals surface area contributed by atoms with Crippen molar-refractivity contribution < 1.29 is 9.47 Å². The molecule has 0 radical (unpaired) electrons. The van der Waals surface area contributed by atoms with Crippen LogP contribution in [0.15, 0.2) is 12.7 Å². The van der Waals surface area contributed by atoms with E-state index < -0.39 is 0 Å². The molecule has 2 aromatic heterocycles. The van der Waals surface area contributed by atoms with E-state index in [-0.39, 0.29) is 0 Å². The van der Waals surface area contributed by atoms with Gasteiger partial charge in [-0.2, -0.15) is 5.10 Å². The van der Waals surface area contributed by atoms with Gasteiger partial charge in [0, 0.05) is 26.6 Å². The Morgan fingerprint density at radius 1 is 1.15 bits per heavy atom. The van der Waals surface area contributed by atoms with Gasteiger partial charge in [0.05, 0.1) is 19.8 Å². The fraction of sp³-hybridized carbons (Fsp3) is 0.500. The Kier molecular flexibility index (Phi) is 4.83. The zero-order chi connectivity index (χ0) is 14.4. The van der Waals surface area contributed by atoms with E-state index in [0.717, 1.165) is 24.4 Å². The van der Waals surface area contributed by atoms with Crippen LogP contribution in [0, 0.1) is 0 Å². The van der Waals surface area contributed by atoms with Crippen LogP contribution >= 0.6 is 0 Å². The Hall–Kier alpha value is -2.22. The van der Waals surface area contributed by atoms with Crippen molar-refractivity contribution in [3.05, 3.63) is 24.0 Å². The number of hydrogen-bond donors (Lipinski definition) is 1. The molecule has 2 rings (SSSR count). The maximum atomic E-state index is 5.21. The predicted molar refractivity (Wildman–Crippen MR) is 71.5 cm³/mol. The molecule has 0 spiro atoms. The second kappa shape index (κ2) is 6.80. The molecule has 0 atom stereocenters. The molecule has 1 N–H and O–H groups in total. The summed E-state index contributed by atoms with van der Waals surface area (Å²) < 4.78 is 12.1. The van der Waals surface area contributed by atoms with E-state index in [4.69, 9.17) is 9.47 Å². The molecule has 2 heterocycles. The molecule has 0 unspecified atom stereocenters. The smallest absolute Gasteiger partial charge is 0.224 e. The van der Waals surface area contributed by atoms with Crippen LogP contribution < -0.4 is 14.8 Å². The Bertz CT molecular complexity index is 534. The van der Waals surface area contributed by atoms with Crippen molar-refractivity contribution in [3.63, 3.8) is 0 Å². The monoisotopic (exact) mass is 278 g/mol. The van der Waals surface area contributed by atoms with Crippen LogP contribution in [-0.4, -0.2) is 45.5 Å². The summed E-state index contributed by atoms with van der Waals surface area (Å²) in [6.07, 6.45) is 3.85. The Labute approximate surface area is 117 Å². The van der Waals surface area contributed by atoms with Crippen LogP contribution in [-0.2, 0) is 20.0 Å². The standard InChI is InChI=1S/C12H18N6O2/c1-18-8-16-10(17-18)4-5-13-6-9-11(19-2)14-7-15-12(9)20-3/h7-8,13H,4-6H2,1-3H3. The summed E-state index contributed by atoms with van der Waals surface area (Å²) in [5.41, 5.74) is 0.798. The highest BCUT2D eigenvalue weighted by atomic mass is 16.5. The number of aromatic nitrogens is 5. The fourth-order valence-electron chi connectivity index (χ4n) is 1.80. The number of aryl methyl sites for hydroxylation is 1. The van der Waals surface area contributed by atoms with Gasteiger partial charge in [-0.15, -0.1) is 0 Å². The Balaban J connectivity index is 1.90. The average Bonchev–Trinajstić information content (AvgIpc) is 2.89. The van der Waals surface area contributed by atoms with E-state index in [2.05, 4.69) is 25.4 Å². The molecule has 8 heteroatoms. The zero-order valence-corrected chi connectivity index (χ0v) is 11.8. The highest BCUT2D eigenvalue weighted by molar-refractivity contribution is 5.34. The summed E-state index contributed by atoms with van der Waals surface area (Å²) in [6.45, 7) is 1.30. The summed E-state index contributed by atoms with van der Waals surface area (Å²) in [5.74, 6) is 1.84. The first-order valence-electron chi connectivity index (χ1n) is 6.21. The van der Waals surface area contributed by atoms with Crippen molar-refractivity contribution >= 4 is 0 Å². The van der Waals surface area contributed by atoms with Gasteiger partial charge < -0.3 is 14.8 Å². The van der Waals surface area contributed by atoms with Crippen LogP contribution in [0.3, 0.4) is 0 Å². The van der Waals surface area contributed by atoms with Crippen LogP contribution in [0.5, 0.6) is 11.8 Å². The molecule has 0 aliphatic heterocycles. The summed E-state index contributed by atoms with van der Waals surface area (Å²) in [7, 11) is 4.99. The van der Waals surface area contributed by atoms with Gasteiger partial charge in [0.25, 0.3) is 0 Å². The van der Waals surface area contributed by atoms with Crippen LogP contribution in [0.4, 0.5) is 0 Å². The molecule has 108 valence electrons. The third-order valence-electron chi connectivity index (χ3n) is 2.73. The van der Waals surface area contributed by atoms with E-state index >= 15 is 0 Å². The predicted octanol–water partition coefficient (Wildman–Crippen LogP) is -0.0454. The number of ether oxygens (including phenoxy) is 2. The third-order valence-corrected chi connectivity index (χ3v) is 2.73. The number of methoxy groups -OCH3 is 2. The van der Waals surface area contributed by atoms with Crippen molar-refractivity contribution in [2.45, 2.75) is 13.0 Å². The van der Waals surface area contributed by atoms with Gasteiger partial charge in [-0.05, 0) is 0 Å². The molecule has 0 fully saturated rings. The number of hydrogen-bond acceptors (Lipinski definition) is 7. The normalized spacial score (nSPS) is 10.6. The lowest BCUT2D eigenvalue weighted by Gasteiger charge is -2.11. The minimum absolute atomic E-state index is 0.514. The molecule has 0 saturated carbocycles. The largest absolute Gasteiger partial charge is 0.481 e. The summed E-state index contributed by atoms with van der Waals surface area (Å²) in [6, 6.07) is 0. The Morgan fingerprint density at radius 2 is 1.85 bits per heavy atom. The molecule has 0 aliphatic rings. The maximum absolute atomic E-state index is 5.21. The molecule has 2 aromatic rings. The summed E-state index contributed by atoms with van der Waals surface area (Å²) >= 11 is 0. The van der Waals surface area contributed by atoms with Crippen molar-refractivity contribution in [3.8, 4) is 11.8 Å². The van der Waals surface area contributed by atoms with Gasteiger partial charge in [0.1, 0.15) is 12.7 Å². The first kappa shape index (κ1) is 14.2. The SMILES string of the molecule is COc1ncnc(OC)c1CNCCc1ncn(C)n1. The van der Waals surface area contributed by atoms with E-state index in [0.29, 0.717) is 18.3 Å². The summed E-state index contributed by atoms with van der Waals surface area (Å²) in [4.78, 5) is 12.3. The lowest BCUT2D eigenvalue weighted by molar-refractivity contribution is 0.359. The van der Waals surface area contributed by atoms with Crippen molar-refractivity contribution in [1.29, 1.82) is 0 Å². The number of rotatable bonds is 7. The van der Waals surface area contributed by atoms with Crippen molar-refractivity contribution in [2.24, 2.45) is 7.05 Å². The van der Waals surface area contributed by atoms with Gasteiger partial charge in [-0.1, -0.05) is 0 Å². The molecule has 8 nitrogen and oxygen atoms in total. The first-order valence-corrected chi connectivity index (χ1v) is 6.21. The van der Waals surface area contributed by atoms with Crippen LogP contribution in [0.2, 0.25) is 0 Å². The van der Waals surface area contributed by atoms with Gasteiger partial charge in [-0.25, -0.2) is 15.0 Å². The average molecular weight is 278 g/mol. The highest BCUT2D eigenvalue weighted by Gasteiger charge is 2.12. The van der Waals surface area contributed by atoms with Gasteiger partial charge in [-0.3, -0.25) is 4.68 Å². The number of nitrogens with zero attached hydrogens (tertiary/aromatic N) is 5. The molecule has 0 amide bonds. The minimum atomic E-state index is 0.514. The van der Waals surface area contributed by atoms with Crippen molar-refractivity contribution in [1.82, 2.24) is 30.0 Å².